The van der Waals surface area contributed by atoms with E-state index in [2.05, 4.69) is 36.5 Å². The van der Waals surface area contributed by atoms with Gasteiger partial charge in [-0.1, -0.05) is 63.6 Å². The van der Waals surface area contributed by atoms with Crippen LogP contribution in [0.5, 0.6) is 0 Å². The van der Waals surface area contributed by atoms with E-state index < -0.39 is 0 Å². The van der Waals surface area contributed by atoms with Gasteiger partial charge in [0.2, 0.25) is 0 Å². The van der Waals surface area contributed by atoms with E-state index in [1.165, 1.54) is 86.5 Å². The van der Waals surface area contributed by atoms with Gasteiger partial charge in [0, 0.05) is 23.3 Å². The van der Waals surface area contributed by atoms with E-state index in [1.807, 2.05) is 0 Å². The summed E-state index contributed by atoms with van der Waals surface area (Å²) in [5, 5.41) is 5.11. The number of pyridine rings is 1. The van der Waals surface area contributed by atoms with Crippen molar-refractivity contribution < 1.29 is 0 Å². The van der Waals surface area contributed by atoms with Crippen LogP contribution in [0.15, 0.2) is 24.3 Å². The first-order valence-corrected chi connectivity index (χ1v) is 10.0. The van der Waals surface area contributed by atoms with Gasteiger partial charge in [-0.3, -0.25) is 4.98 Å². The summed E-state index contributed by atoms with van der Waals surface area (Å²) in [6.45, 7) is 3.36. The molecule has 1 heterocycles. The highest BCUT2D eigenvalue weighted by Gasteiger charge is 2.16. The molecule has 1 aliphatic carbocycles. The highest BCUT2D eigenvalue weighted by molar-refractivity contribution is 5.93. The summed E-state index contributed by atoms with van der Waals surface area (Å²) in [5.74, 6) is 0. The predicted octanol–water partition coefficient (Wildman–Crippen LogP) is 6.28. The number of nitrogens with zero attached hydrogens (tertiary/aromatic N) is 1. The van der Waals surface area contributed by atoms with Crippen molar-refractivity contribution in [1.82, 2.24) is 4.98 Å². The number of aryl methyl sites for hydroxylation is 1. The van der Waals surface area contributed by atoms with Crippen LogP contribution in [0, 0.1) is 0 Å². The third-order valence-corrected chi connectivity index (χ3v) is 5.25. The van der Waals surface area contributed by atoms with Crippen LogP contribution in [0.4, 0.5) is 5.69 Å². The lowest BCUT2D eigenvalue weighted by Crippen LogP contribution is -2.10. The van der Waals surface area contributed by atoms with Gasteiger partial charge in [0.25, 0.3) is 0 Å². The van der Waals surface area contributed by atoms with E-state index in [9.17, 15) is 0 Å². The maximum absolute atomic E-state index is 5.01. The van der Waals surface area contributed by atoms with Gasteiger partial charge in [0.05, 0.1) is 5.52 Å². The molecule has 0 saturated carbocycles. The SMILES string of the molecule is CCCCCCCNc1c2c(nc3ccccc13)CCCCCC2. The molecule has 130 valence electrons. The molecule has 0 radical (unpaired) electrons. The minimum Gasteiger partial charge on any atom is -0.384 e. The molecule has 1 aromatic heterocycles. The molecule has 0 aliphatic heterocycles. The average Bonchev–Trinajstić information content (AvgIpc) is 2.59. The number of nitrogens with one attached hydrogen (secondary N) is 1. The molecule has 1 aromatic carbocycles. The van der Waals surface area contributed by atoms with Gasteiger partial charge in [-0.2, -0.15) is 0 Å². The lowest BCUT2D eigenvalue weighted by atomic mass is 9.94. The van der Waals surface area contributed by atoms with Crippen LogP contribution in [-0.2, 0) is 12.8 Å². The molecule has 0 bridgehead atoms. The Balaban J connectivity index is 1.81. The number of unbranched alkanes of at least 4 members (excludes halogenated alkanes) is 4. The van der Waals surface area contributed by atoms with Crippen molar-refractivity contribution in [2.45, 2.75) is 77.6 Å². The smallest absolute Gasteiger partial charge is 0.0726 e. The van der Waals surface area contributed by atoms with Crippen LogP contribution in [0.25, 0.3) is 10.9 Å². The van der Waals surface area contributed by atoms with Crippen LogP contribution >= 0.6 is 0 Å². The quantitative estimate of drug-likeness (QED) is 0.607. The van der Waals surface area contributed by atoms with Crippen molar-refractivity contribution in [3.8, 4) is 0 Å². The molecule has 0 saturated heterocycles. The number of para-hydroxylation sites is 1. The minimum atomic E-state index is 1.09. The van der Waals surface area contributed by atoms with Gasteiger partial charge in [-0.25, -0.2) is 0 Å². The molecule has 0 amide bonds. The van der Waals surface area contributed by atoms with E-state index in [1.54, 1.807) is 0 Å². The Morgan fingerprint density at radius 3 is 2.58 bits per heavy atom. The Hall–Kier alpha value is -1.57. The molecule has 2 heteroatoms. The van der Waals surface area contributed by atoms with E-state index in [0.717, 1.165) is 18.5 Å². The monoisotopic (exact) mass is 324 g/mol. The van der Waals surface area contributed by atoms with Crippen molar-refractivity contribution in [2.24, 2.45) is 0 Å². The molecule has 0 fully saturated rings. The second kappa shape index (κ2) is 9.05. The lowest BCUT2D eigenvalue weighted by molar-refractivity contribution is 0.610. The van der Waals surface area contributed by atoms with E-state index in [0.29, 0.717) is 0 Å². The summed E-state index contributed by atoms with van der Waals surface area (Å²) >= 11 is 0. The van der Waals surface area contributed by atoms with Gasteiger partial charge in [0.15, 0.2) is 0 Å². The molecule has 0 unspecified atom stereocenters. The van der Waals surface area contributed by atoms with E-state index in [-0.39, 0.29) is 0 Å². The first-order chi connectivity index (χ1) is 11.9. The molecule has 2 nitrogen and oxygen atoms in total. The van der Waals surface area contributed by atoms with Crippen molar-refractivity contribution in [3.63, 3.8) is 0 Å². The first-order valence-electron chi connectivity index (χ1n) is 10.0. The topological polar surface area (TPSA) is 24.9 Å². The van der Waals surface area contributed by atoms with Gasteiger partial charge < -0.3 is 5.32 Å². The third kappa shape index (κ3) is 4.28. The largest absolute Gasteiger partial charge is 0.384 e. The highest BCUT2D eigenvalue weighted by atomic mass is 14.9. The van der Waals surface area contributed by atoms with Gasteiger partial charge in [0.1, 0.15) is 0 Å². The Kier molecular flexibility index (Phi) is 6.51. The van der Waals surface area contributed by atoms with Gasteiger partial charge in [-0.15, -0.1) is 0 Å². The average molecular weight is 325 g/mol. The van der Waals surface area contributed by atoms with Crippen LogP contribution in [0.3, 0.4) is 0 Å². The number of anilines is 1. The lowest BCUT2D eigenvalue weighted by Gasteiger charge is -2.20. The Bertz CT molecular complexity index is 648. The standard InChI is InChI=1S/C22H32N2/c1-2-3-4-7-12-17-23-22-18-13-8-5-6-9-15-20(18)24-21-16-11-10-14-19(21)22/h10-11,14,16H,2-9,12-13,15,17H2,1H3,(H,23,24). The van der Waals surface area contributed by atoms with E-state index in [4.69, 9.17) is 4.98 Å². The van der Waals surface area contributed by atoms with Crippen molar-refractivity contribution in [1.29, 1.82) is 0 Å². The molecule has 3 rings (SSSR count). The van der Waals surface area contributed by atoms with E-state index >= 15 is 0 Å². The normalized spacial score (nSPS) is 14.9. The predicted molar refractivity (Wildman–Crippen MR) is 105 cm³/mol. The molecule has 1 aliphatic rings. The fraction of sp³-hybridized carbons (Fsp3) is 0.591. The zero-order valence-corrected chi connectivity index (χ0v) is 15.2. The fourth-order valence-corrected chi connectivity index (χ4v) is 3.87. The fourth-order valence-electron chi connectivity index (χ4n) is 3.87. The van der Waals surface area contributed by atoms with Crippen molar-refractivity contribution in [2.75, 3.05) is 11.9 Å². The summed E-state index contributed by atoms with van der Waals surface area (Å²) < 4.78 is 0. The van der Waals surface area contributed by atoms with Crippen LogP contribution in [0.2, 0.25) is 0 Å². The van der Waals surface area contributed by atoms with Crippen LogP contribution in [-0.4, -0.2) is 11.5 Å². The summed E-state index contributed by atoms with van der Waals surface area (Å²) in [4.78, 5) is 5.01. The number of hydrogen-bond acceptors (Lipinski definition) is 2. The zero-order valence-electron chi connectivity index (χ0n) is 15.2. The molecule has 0 atom stereocenters. The summed E-state index contributed by atoms with van der Waals surface area (Å²) in [6.07, 6.45) is 14.3. The maximum atomic E-state index is 5.01. The second-order valence-corrected chi connectivity index (χ2v) is 7.18. The zero-order chi connectivity index (χ0) is 16.6. The number of hydrogen-bond donors (Lipinski definition) is 1. The minimum absolute atomic E-state index is 1.09. The molecule has 0 spiro atoms. The first kappa shape index (κ1) is 17.3. The Labute approximate surface area is 147 Å². The third-order valence-electron chi connectivity index (χ3n) is 5.25. The molecular formula is C22H32N2. The number of rotatable bonds is 7. The summed E-state index contributed by atoms with van der Waals surface area (Å²) in [5.41, 5.74) is 5.39. The number of benzene rings is 1. The van der Waals surface area contributed by atoms with Crippen LogP contribution < -0.4 is 5.32 Å². The Morgan fingerprint density at radius 1 is 0.917 bits per heavy atom. The maximum Gasteiger partial charge on any atom is 0.0726 e. The summed E-state index contributed by atoms with van der Waals surface area (Å²) in [7, 11) is 0. The molecule has 24 heavy (non-hydrogen) atoms. The van der Waals surface area contributed by atoms with Crippen molar-refractivity contribution in [3.05, 3.63) is 35.5 Å². The van der Waals surface area contributed by atoms with Crippen molar-refractivity contribution >= 4 is 16.6 Å². The van der Waals surface area contributed by atoms with Gasteiger partial charge in [-0.05, 0) is 43.7 Å². The molecule has 1 N–H and O–H groups in total. The number of aromatic nitrogens is 1. The Morgan fingerprint density at radius 2 is 1.71 bits per heavy atom. The number of fused-ring (bicyclic) bond motifs is 2. The van der Waals surface area contributed by atoms with Gasteiger partial charge >= 0.3 is 0 Å². The molecular weight excluding hydrogens is 292 g/mol. The molecule has 2 aromatic rings. The summed E-state index contributed by atoms with van der Waals surface area (Å²) in [6, 6.07) is 8.66. The highest BCUT2D eigenvalue weighted by Crippen LogP contribution is 2.32. The van der Waals surface area contributed by atoms with Crippen LogP contribution in [0.1, 0.15) is 76.0 Å². The second-order valence-electron chi connectivity index (χ2n) is 7.18.